The number of hydrogen-bond acceptors (Lipinski definition) is 1. The smallest absolute Gasteiger partial charge is 0.0464 e. The molecule has 0 amide bonds. The Hall–Kier alpha value is -0.530. The quantitative estimate of drug-likeness (QED) is 0.773. The summed E-state index contributed by atoms with van der Waals surface area (Å²) in [7, 11) is 0. The van der Waals surface area contributed by atoms with E-state index in [2.05, 4.69) is 19.1 Å². The predicted molar refractivity (Wildman–Crippen MR) is 58.1 cm³/mol. The van der Waals surface area contributed by atoms with Crippen molar-refractivity contribution in [3.05, 3.63) is 33.8 Å². The second kappa shape index (κ2) is 4.12. The number of nitrogens with two attached hydrogens (primary N) is 1. The minimum Gasteiger partial charge on any atom is -0.324 e. The van der Waals surface area contributed by atoms with Gasteiger partial charge in [0, 0.05) is 11.1 Å². The molecule has 0 fully saturated rings. The highest BCUT2D eigenvalue weighted by Gasteiger charge is 2.07. The van der Waals surface area contributed by atoms with Crippen molar-refractivity contribution < 1.29 is 0 Å². The number of rotatable bonds is 2. The summed E-state index contributed by atoms with van der Waals surface area (Å²) >= 11 is 6.06. The molecule has 2 N–H and O–H groups in total. The van der Waals surface area contributed by atoms with Crippen LogP contribution in [0.3, 0.4) is 0 Å². The van der Waals surface area contributed by atoms with E-state index in [9.17, 15) is 0 Å². The van der Waals surface area contributed by atoms with E-state index < -0.39 is 0 Å². The van der Waals surface area contributed by atoms with Gasteiger partial charge >= 0.3 is 0 Å². The van der Waals surface area contributed by atoms with Gasteiger partial charge in [-0.1, -0.05) is 30.7 Å². The maximum Gasteiger partial charge on any atom is 0.0464 e. The fourth-order valence-electron chi connectivity index (χ4n) is 1.43. The molecule has 0 heterocycles. The van der Waals surface area contributed by atoms with E-state index in [1.165, 1.54) is 5.56 Å². The first kappa shape index (κ1) is 10.6. The molecule has 0 aliphatic carbocycles. The molecule has 1 nitrogen and oxygen atoms in total. The Bertz CT molecular complexity index is 284. The molecule has 0 saturated heterocycles. The van der Waals surface area contributed by atoms with Gasteiger partial charge in [0.15, 0.2) is 0 Å². The molecule has 0 aliphatic heterocycles. The topological polar surface area (TPSA) is 26.0 Å². The van der Waals surface area contributed by atoms with Crippen LogP contribution in [0.25, 0.3) is 0 Å². The van der Waals surface area contributed by atoms with Gasteiger partial charge in [0.1, 0.15) is 0 Å². The molecule has 0 radical (unpaired) electrons. The molecular formula is C11H16ClN. The molecule has 0 bridgehead atoms. The first-order valence-corrected chi connectivity index (χ1v) is 4.96. The van der Waals surface area contributed by atoms with Crippen molar-refractivity contribution in [2.75, 3.05) is 0 Å². The molecule has 1 unspecified atom stereocenters. The fourth-order valence-corrected chi connectivity index (χ4v) is 1.54. The third kappa shape index (κ3) is 2.23. The van der Waals surface area contributed by atoms with E-state index in [4.69, 9.17) is 17.3 Å². The van der Waals surface area contributed by atoms with Gasteiger partial charge < -0.3 is 5.73 Å². The minimum atomic E-state index is 0.134. The molecule has 0 saturated carbocycles. The van der Waals surface area contributed by atoms with E-state index in [0.717, 1.165) is 22.6 Å². The van der Waals surface area contributed by atoms with Crippen molar-refractivity contribution in [3.8, 4) is 0 Å². The van der Waals surface area contributed by atoms with E-state index in [-0.39, 0.29) is 6.04 Å². The summed E-state index contributed by atoms with van der Waals surface area (Å²) in [5.74, 6) is 0. The standard InChI is InChI=1S/C11H16ClN/c1-4-10(13)9-5-7(2)11(12)8(3)6-9/h5-6,10H,4,13H2,1-3H3. The summed E-state index contributed by atoms with van der Waals surface area (Å²) in [6.45, 7) is 6.12. The lowest BCUT2D eigenvalue weighted by molar-refractivity contribution is 0.697. The Kier molecular flexibility index (Phi) is 3.34. The third-order valence-corrected chi connectivity index (χ3v) is 2.92. The zero-order valence-electron chi connectivity index (χ0n) is 8.39. The fraction of sp³-hybridized carbons (Fsp3) is 0.455. The van der Waals surface area contributed by atoms with Crippen LogP contribution in [0.15, 0.2) is 12.1 Å². The van der Waals surface area contributed by atoms with Crippen LogP contribution in [-0.2, 0) is 0 Å². The normalized spacial score (nSPS) is 13.0. The Morgan fingerprint density at radius 3 is 2.15 bits per heavy atom. The van der Waals surface area contributed by atoms with Crippen molar-refractivity contribution in [1.82, 2.24) is 0 Å². The van der Waals surface area contributed by atoms with Crippen LogP contribution in [0.1, 0.15) is 36.1 Å². The monoisotopic (exact) mass is 197 g/mol. The van der Waals surface area contributed by atoms with Crippen molar-refractivity contribution in [3.63, 3.8) is 0 Å². The average Bonchev–Trinajstić information content (AvgIpc) is 2.12. The van der Waals surface area contributed by atoms with Crippen LogP contribution < -0.4 is 5.73 Å². The maximum absolute atomic E-state index is 6.06. The third-order valence-electron chi connectivity index (χ3n) is 2.33. The van der Waals surface area contributed by atoms with Crippen LogP contribution in [0.2, 0.25) is 5.02 Å². The average molecular weight is 198 g/mol. The summed E-state index contributed by atoms with van der Waals surface area (Å²) in [4.78, 5) is 0. The van der Waals surface area contributed by atoms with Gasteiger partial charge in [-0.25, -0.2) is 0 Å². The van der Waals surface area contributed by atoms with Gasteiger partial charge in [-0.3, -0.25) is 0 Å². The number of halogens is 1. The molecular weight excluding hydrogens is 182 g/mol. The Morgan fingerprint density at radius 1 is 1.31 bits per heavy atom. The summed E-state index contributed by atoms with van der Waals surface area (Å²) < 4.78 is 0. The molecule has 1 aromatic carbocycles. The molecule has 0 spiro atoms. The summed E-state index contributed by atoms with van der Waals surface area (Å²) in [6.07, 6.45) is 0.959. The molecule has 72 valence electrons. The van der Waals surface area contributed by atoms with Crippen molar-refractivity contribution in [2.45, 2.75) is 33.2 Å². The molecule has 0 aliphatic rings. The molecule has 1 aromatic rings. The van der Waals surface area contributed by atoms with Crippen LogP contribution in [0.5, 0.6) is 0 Å². The highest BCUT2D eigenvalue weighted by molar-refractivity contribution is 6.32. The highest BCUT2D eigenvalue weighted by atomic mass is 35.5. The lowest BCUT2D eigenvalue weighted by atomic mass is 10.0. The second-order valence-corrected chi connectivity index (χ2v) is 3.86. The van der Waals surface area contributed by atoms with Gasteiger partial charge in [0.05, 0.1) is 0 Å². The number of hydrogen-bond donors (Lipinski definition) is 1. The van der Waals surface area contributed by atoms with Crippen molar-refractivity contribution in [2.24, 2.45) is 5.73 Å². The van der Waals surface area contributed by atoms with Gasteiger partial charge in [-0.2, -0.15) is 0 Å². The van der Waals surface area contributed by atoms with E-state index >= 15 is 0 Å². The lowest BCUT2D eigenvalue weighted by Gasteiger charge is -2.12. The largest absolute Gasteiger partial charge is 0.324 e. The van der Waals surface area contributed by atoms with E-state index in [1.807, 2.05) is 13.8 Å². The number of benzene rings is 1. The first-order chi connectivity index (χ1) is 6.06. The van der Waals surface area contributed by atoms with Gasteiger partial charge in [0.2, 0.25) is 0 Å². The van der Waals surface area contributed by atoms with Crippen LogP contribution in [-0.4, -0.2) is 0 Å². The minimum absolute atomic E-state index is 0.134. The van der Waals surface area contributed by atoms with Gasteiger partial charge in [0.25, 0.3) is 0 Å². The predicted octanol–water partition coefficient (Wildman–Crippen LogP) is 3.37. The molecule has 13 heavy (non-hydrogen) atoms. The number of aryl methyl sites for hydroxylation is 2. The van der Waals surface area contributed by atoms with E-state index in [1.54, 1.807) is 0 Å². The SMILES string of the molecule is CCC(N)c1cc(C)c(Cl)c(C)c1. The Morgan fingerprint density at radius 2 is 1.77 bits per heavy atom. The van der Waals surface area contributed by atoms with Crippen molar-refractivity contribution in [1.29, 1.82) is 0 Å². The molecule has 0 aromatic heterocycles. The highest BCUT2D eigenvalue weighted by Crippen LogP contribution is 2.25. The lowest BCUT2D eigenvalue weighted by Crippen LogP contribution is -2.09. The summed E-state index contributed by atoms with van der Waals surface area (Å²) in [5, 5.41) is 0.854. The summed E-state index contributed by atoms with van der Waals surface area (Å²) in [5.41, 5.74) is 9.34. The van der Waals surface area contributed by atoms with Crippen LogP contribution in [0.4, 0.5) is 0 Å². The molecule has 1 rings (SSSR count). The Labute approximate surface area is 84.9 Å². The summed E-state index contributed by atoms with van der Waals surface area (Å²) in [6, 6.07) is 4.28. The first-order valence-electron chi connectivity index (χ1n) is 4.58. The van der Waals surface area contributed by atoms with Crippen LogP contribution >= 0.6 is 11.6 Å². The van der Waals surface area contributed by atoms with Crippen molar-refractivity contribution >= 4 is 11.6 Å². The van der Waals surface area contributed by atoms with Crippen LogP contribution in [0, 0.1) is 13.8 Å². The zero-order valence-corrected chi connectivity index (χ0v) is 9.15. The molecule has 2 heteroatoms. The van der Waals surface area contributed by atoms with Gasteiger partial charge in [-0.05, 0) is 37.0 Å². The second-order valence-electron chi connectivity index (χ2n) is 3.48. The Balaban J connectivity index is 3.13. The maximum atomic E-state index is 6.06. The van der Waals surface area contributed by atoms with E-state index in [0.29, 0.717) is 0 Å². The van der Waals surface area contributed by atoms with Gasteiger partial charge in [-0.15, -0.1) is 0 Å². The zero-order chi connectivity index (χ0) is 10.0. The molecule has 1 atom stereocenters.